The molecule has 1 atom stereocenters. The molecule has 2 aromatic rings. The molecule has 19 heavy (non-hydrogen) atoms. The van der Waals surface area contributed by atoms with Gasteiger partial charge >= 0.3 is 6.03 Å². The summed E-state index contributed by atoms with van der Waals surface area (Å²) in [6.45, 7) is 3.95. The van der Waals surface area contributed by atoms with Crippen molar-refractivity contribution >= 4 is 23.3 Å². The van der Waals surface area contributed by atoms with Crippen LogP contribution in [0.25, 0.3) is 0 Å². The van der Waals surface area contributed by atoms with Gasteiger partial charge in [-0.15, -0.1) is 11.3 Å². The lowest BCUT2D eigenvalue weighted by Gasteiger charge is -2.12. The number of urea groups is 1. The van der Waals surface area contributed by atoms with Gasteiger partial charge in [0.05, 0.1) is 16.7 Å². The van der Waals surface area contributed by atoms with Crippen molar-refractivity contribution in [3.63, 3.8) is 0 Å². The average Bonchev–Trinajstić information content (AvgIpc) is 2.99. The van der Waals surface area contributed by atoms with Crippen molar-refractivity contribution in [1.29, 1.82) is 0 Å². The average molecular weight is 280 g/mol. The molecule has 8 heteroatoms. The maximum Gasteiger partial charge on any atom is 0.322 e. The van der Waals surface area contributed by atoms with E-state index in [0.29, 0.717) is 5.95 Å². The Morgan fingerprint density at radius 1 is 1.58 bits per heavy atom. The minimum Gasteiger partial charge on any atom is -0.330 e. The first-order chi connectivity index (χ1) is 9.10. The van der Waals surface area contributed by atoms with Gasteiger partial charge in [-0.3, -0.25) is 5.32 Å². The van der Waals surface area contributed by atoms with E-state index in [2.05, 4.69) is 32.6 Å². The second kappa shape index (κ2) is 5.79. The van der Waals surface area contributed by atoms with Crippen LogP contribution in [0.5, 0.6) is 0 Å². The van der Waals surface area contributed by atoms with Crippen molar-refractivity contribution in [2.24, 2.45) is 7.05 Å². The minimum absolute atomic E-state index is 0.148. The van der Waals surface area contributed by atoms with Gasteiger partial charge in [0.15, 0.2) is 0 Å². The highest BCUT2D eigenvalue weighted by atomic mass is 32.1. The Morgan fingerprint density at radius 3 is 2.95 bits per heavy atom. The van der Waals surface area contributed by atoms with Crippen LogP contribution in [-0.4, -0.2) is 25.8 Å². The van der Waals surface area contributed by atoms with Gasteiger partial charge < -0.3 is 5.32 Å². The van der Waals surface area contributed by atoms with Gasteiger partial charge in [0.2, 0.25) is 5.95 Å². The van der Waals surface area contributed by atoms with Crippen LogP contribution in [0.15, 0.2) is 11.7 Å². The molecule has 2 N–H and O–H groups in total. The third-order valence-corrected chi connectivity index (χ3v) is 3.61. The highest BCUT2D eigenvalue weighted by molar-refractivity contribution is 7.09. The second-order valence-corrected chi connectivity index (χ2v) is 4.99. The predicted molar refractivity (Wildman–Crippen MR) is 73.1 cm³/mol. The first-order valence-electron chi connectivity index (χ1n) is 5.96. The van der Waals surface area contributed by atoms with Crippen molar-refractivity contribution in [2.45, 2.75) is 26.3 Å². The van der Waals surface area contributed by atoms with Gasteiger partial charge in [0.1, 0.15) is 6.33 Å². The Kier molecular flexibility index (Phi) is 4.10. The maximum atomic E-state index is 11.8. The van der Waals surface area contributed by atoms with Crippen molar-refractivity contribution in [3.05, 3.63) is 22.4 Å². The van der Waals surface area contributed by atoms with Crippen molar-refractivity contribution in [3.8, 4) is 0 Å². The van der Waals surface area contributed by atoms with Gasteiger partial charge in [-0.2, -0.15) is 10.1 Å². The summed E-state index contributed by atoms with van der Waals surface area (Å²) in [5, 5.41) is 12.3. The summed E-state index contributed by atoms with van der Waals surface area (Å²) in [7, 11) is 1.71. The topological polar surface area (TPSA) is 84.7 Å². The number of carbonyl (C=O) groups is 1. The lowest BCUT2D eigenvalue weighted by molar-refractivity contribution is 0.249. The molecule has 2 aromatic heterocycles. The number of aryl methyl sites for hydroxylation is 2. The fraction of sp³-hybridized carbons (Fsp3) is 0.455. The molecule has 2 amide bonds. The van der Waals surface area contributed by atoms with E-state index in [0.717, 1.165) is 17.1 Å². The van der Waals surface area contributed by atoms with Gasteiger partial charge in [-0.05, 0) is 13.3 Å². The molecule has 0 aliphatic heterocycles. The molecule has 0 saturated heterocycles. The van der Waals surface area contributed by atoms with E-state index in [1.165, 1.54) is 11.0 Å². The number of hydrogen-bond donors (Lipinski definition) is 2. The van der Waals surface area contributed by atoms with E-state index >= 15 is 0 Å². The zero-order valence-corrected chi connectivity index (χ0v) is 11.9. The predicted octanol–water partition coefficient (Wildman–Crippen LogP) is 1.72. The molecule has 102 valence electrons. The molecule has 0 spiro atoms. The first-order valence-corrected chi connectivity index (χ1v) is 6.84. The van der Waals surface area contributed by atoms with E-state index in [1.54, 1.807) is 18.4 Å². The molecule has 0 radical (unpaired) electrons. The Balaban J connectivity index is 1.93. The Morgan fingerprint density at radius 2 is 2.37 bits per heavy atom. The fourth-order valence-corrected chi connectivity index (χ4v) is 2.34. The number of aromatic nitrogens is 4. The van der Waals surface area contributed by atoms with Crippen LogP contribution in [0.2, 0.25) is 0 Å². The second-order valence-electron chi connectivity index (χ2n) is 4.05. The first kappa shape index (κ1) is 13.5. The summed E-state index contributed by atoms with van der Waals surface area (Å²) >= 11 is 1.60. The van der Waals surface area contributed by atoms with E-state index in [9.17, 15) is 4.79 Å². The standard InChI is InChI=1S/C11H16N6OS/c1-4-9-15-8(5-19-9)7(2)14-11(18)16-10-12-6-13-17(10)3/h5-7H,4H2,1-3H3,(H2,12,13,14,16,18)/t7-/m0/s1. The Bertz CT molecular complexity index is 563. The quantitative estimate of drug-likeness (QED) is 0.893. The molecular formula is C11H16N6OS. The van der Waals surface area contributed by atoms with E-state index in [-0.39, 0.29) is 12.1 Å². The number of hydrogen-bond acceptors (Lipinski definition) is 5. The molecule has 7 nitrogen and oxygen atoms in total. The number of thiazole rings is 1. The maximum absolute atomic E-state index is 11.8. The monoisotopic (exact) mass is 280 g/mol. The van der Waals surface area contributed by atoms with Crippen LogP contribution in [0, 0.1) is 0 Å². The number of nitrogens with zero attached hydrogens (tertiary/aromatic N) is 4. The van der Waals surface area contributed by atoms with Crippen molar-refractivity contribution in [1.82, 2.24) is 25.1 Å². The summed E-state index contributed by atoms with van der Waals surface area (Å²) < 4.78 is 1.49. The molecule has 0 fully saturated rings. The van der Waals surface area contributed by atoms with Crippen LogP contribution in [0.4, 0.5) is 10.7 Å². The summed E-state index contributed by atoms with van der Waals surface area (Å²) in [4.78, 5) is 20.2. The number of anilines is 1. The third-order valence-electron chi connectivity index (χ3n) is 2.60. The zero-order chi connectivity index (χ0) is 13.8. The Labute approximate surface area is 115 Å². The van der Waals surface area contributed by atoms with Crippen LogP contribution in [0.3, 0.4) is 0 Å². The molecule has 2 rings (SSSR count). The molecule has 2 heterocycles. The smallest absolute Gasteiger partial charge is 0.322 e. The summed E-state index contributed by atoms with van der Waals surface area (Å²) in [5.74, 6) is 0.400. The molecule has 0 aliphatic carbocycles. The molecule has 0 unspecified atom stereocenters. The molecule has 0 aromatic carbocycles. The molecule has 0 bridgehead atoms. The van der Waals surface area contributed by atoms with Crippen LogP contribution in [0.1, 0.15) is 30.6 Å². The van der Waals surface area contributed by atoms with Gasteiger partial charge in [-0.1, -0.05) is 6.92 Å². The minimum atomic E-state index is -0.324. The highest BCUT2D eigenvalue weighted by Crippen LogP contribution is 2.16. The summed E-state index contributed by atoms with van der Waals surface area (Å²) in [6.07, 6.45) is 2.29. The van der Waals surface area contributed by atoms with Gasteiger partial charge in [0, 0.05) is 12.4 Å². The SMILES string of the molecule is CCc1nc([C@H](C)NC(=O)Nc2ncnn2C)cs1. The van der Waals surface area contributed by atoms with Gasteiger partial charge in [0.25, 0.3) is 0 Å². The number of nitrogens with one attached hydrogen (secondary N) is 2. The molecule has 0 aliphatic rings. The van der Waals surface area contributed by atoms with Crippen molar-refractivity contribution in [2.75, 3.05) is 5.32 Å². The fourth-order valence-electron chi connectivity index (χ4n) is 1.50. The third kappa shape index (κ3) is 3.28. The summed E-state index contributed by atoms with van der Waals surface area (Å²) in [5.41, 5.74) is 0.870. The highest BCUT2D eigenvalue weighted by Gasteiger charge is 2.13. The molecule has 0 saturated carbocycles. The normalized spacial score (nSPS) is 12.2. The zero-order valence-electron chi connectivity index (χ0n) is 11.0. The van der Waals surface area contributed by atoms with E-state index < -0.39 is 0 Å². The number of amides is 2. The van der Waals surface area contributed by atoms with Crippen LogP contribution < -0.4 is 10.6 Å². The number of carbonyl (C=O) groups excluding carboxylic acids is 1. The van der Waals surface area contributed by atoms with Crippen molar-refractivity contribution < 1.29 is 4.79 Å². The van der Waals surface area contributed by atoms with E-state index in [4.69, 9.17) is 0 Å². The van der Waals surface area contributed by atoms with Crippen LogP contribution >= 0.6 is 11.3 Å². The van der Waals surface area contributed by atoms with E-state index in [1.807, 2.05) is 12.3 Å². The summed E-state index contributed by atoms with van der Waals surface area (Å²) in [6, 6.07) is -0.473. The lowest BCUT2D eigenvalue weighted by atomic mass is 10.3. The lowest BCUT2D eigenvalue weighted by Crippen LogP contribution is -2.32. The van der Waals surface area contributed by atoms with Crippen LogP contribution in [-0.2, 0) is 13.5 Å². The van der Waals surface area contributed by atoms with Gasteiger partial charge in [-0.25, -0.2) is 14.5 Å². The molecular weight excluding hydrogens is 264 g/mol. The largest absolute Gasteiger partial charge is 0.330 e. The number of rotatable bonds is 4. The Hall–Kier alpha value is -1.96.